The van der Waals surface area contributed by atoms with E-state index in [9.17, 15) is 13.6 Å². The van der Waals surface area contributed by atoms with Gasteiger partial charge >= 0.3 is 0 Å². The van der Waals surface area contributed by atoms with Gasteiger partial charge in [-0.15, -0.1) is 0 Å². The van der Waals surface area contributed by atoms with Crippen LogP contribution in [0.15, 0.2) is 24.4 Å². The molecule has 4 nitrogen and oxygen atoms in total. The summed E-state index contributed by atoms with van der Waals surface area (Å²) in [5.41, 5.74) is 1.58. The second-order valence-electron chi connectivity index (χ2n) is 4.63. The minimum atomic E-state index is -0.877. The third-order valence-corrected chi connectivity index (χ3v) is 3.26. The van der Waals surface area contributed by atoms with Crippen molar-refractivity contribution in [3.8, 4) is 0 Å². The van der Waals surface area contributed by atoms with Gasteiger partial charge in [0.25, 0.3) is 5.91 Å². The molecule has 0 radical (unpaired) electrons. The first-order valence-electron chi connectivity index (χ1n) is 6.14. The number of carbonyl (C=O) groups excluding carboxylic acids is 1. The van der Waals surface area contributed by atoms with E-state index in [1.807, 2.05) is 6.92 Å². The van der Waals surface area contributed by atoms with Crippen LogP contribution in [-0.2, 0) is 7.05 Å². The van der Waals surface area contributed by atoms with Crippen LogP contribution in [0.4, 0.5) is 8.78 Å². The highest BCUT2D eigenvalue weighted by Crippen LogP contribution is 2.17. The summed E-state index contributed by atoms with van der Waals surface area (Å²) in [6.45, 7) is 3.66. The van der Waals surface area contributed by atoms with Crippen molar-refractivity contribution in [3.63, 3.8) is 0 Å². The van der Waals surface area contributed by atoms with Crippen molar-refractivity contribution in [3.05, 3.63) is 52.9 Å². The maximum atomic E-state index is 13.5. The first-order valence-corrected chi connectivity index (χ1v) is 6.14. The first kappa shape index (κ1) is 14.2. The highest BCUT2D eigenvalue weighted by Gasteiger charge is 2.18. The molecule has 1 aromatic heterocycles. The van der Waals surface area contributed by atoms with Crippen LogP contribution in [0.3, 0.4) is 0 Å². The summed E-state index contributed by atoms with van der Waals surface area (Å²) in [6, 6.07) is 2.55. The molecule has 1 amide bonds. The summed E-state index contributed by atoms with van der Waals surface area (Å²) in [5.74, 6) is -2.17. The molecule has 106 valence electrons. The molecule has 20 heavy (non-hydrogen) atoms. The molecule has 1 atom stereocenters. The van der Waals surface area contributed by atoms with E-state index < -0.39 is 17.5 Å². The largest absolute Gasteiger partial charge is 0.345 e. The van der Waals surface area contributed by atoms with Gasteiger partial charge in [-0.25, -0.2) is 8.78 Å². The van der Waals surface area contributed by atoms with Crippen molar-refractivity contribution in [2.45, 2.75) is 19.9 Å². The average molecular weight is 279 g/mol. The fourth-order valence-corrected chi connectivity index (χ4v) is 1.97. The fourth-order valence-electron chi connectivity index (χ4n) is 1.97. The second-order valence-corrected chi connectivity index (χ2v) is 4.63. The van der Waals surface area contributed by atoms with Crippen LogP contribution in [0.2, 0.25) is 0 Å². The van der Waals surface area contributed by atoms with Crippen LogP contribution in [0.25, 0.3) is 0 Å². The zero-order chi connectivity index (χ0) is 14.9. The lowest BCUT2D eigenvalue weighted by Gasteiger charge is -2.14. The van der Waals surface area contributed by atoms with Crippen LogP contribution in [0.1, 0.15) is 34.6 Å². The molecule has 0 spiro atoms. The number of nitrogens with zero attached hydrogens (tertiary/aromatic N) is 2. The number of hydrogen-bond donors (Lipinski definition) is 1. The maximum Gasteiger partial charge on any atom is 0.254 e. The number of amides is 1. The Labute approximate surface area is 115 Å². The molecular weight excluding hydrogens is 264 g/mol. The van der Waals surface area contributed by atoms with E-state index in [2.05, 4.69) is 10.4 Å². The van der Waals surface area contributed by atoms with Gasteiger partial charge in [-0.1, -0.05) is 0 Å². The quantitative estimate of drug-likeness (QED) is 0.938. The van der Waals surface area contributed by atoms with Gasteiger partial charge in [0.2, 0.25) is 0 Å². The van der Waals surface area contributed by atoms with Crippen LogP contribution in [-0.4, -0.2) is 15.7 Å². The Hall–Kier alpha value is -2.24. The Morgan fingerprint density at radius 1 is 1.40 bits per heavy atom. The number of halogens is 2. The molecule has 0 aliphatic heterocycles. The normalized spacial score (nSPS) is 12.2. The molecule has 2 aromatic rings. The molecule has 2 rings (SSSR count). The Bertz CT molecular complexity index is 652. The summed E-state index contributed by atoms with van der Waals surface area (Å²) >= 11 is 0. The maximum absolute atomic E-state index is 13.5. The molecule has 0 saturated heterocycles. The molecule has 0 bridgehead atoms. The number of aryl methyl sites for hydroxylation is 1. The van der Waals surface area contributed by atoms with E-state index in [0.29, 0.717) is 6.07 Å². The highest BCUT2D eigenvalue weighted by atomic mass is 19.1. The Morgan fingerprint density at radius 3 is 2.65 bits per heavy atom. The summed E-state index contributed by atoms with van der Waals surface area (Å²) in [6.07, 6.45) is 1.65. The Balaban J connectivity index is 2.17. The monoisotopic (exact) mass is 279 g/mol. The third-order valence-electron chi connectivity index (χ3n) is 3.26. The van der Waals surface area contributed by atoms with Gasteiger partial charge in [-0.2, -0.15) is 5.10 Å². The molecule has 1 aromatic carbocycles. The van der Waals surface area contributed by atoms with Crippen molar-refractivity contribution in [2.75, 3.05) is 0 Å². The zero-order valence-corrected chi connectivity index (χ0v) is 11.4. The SMILES string of the molecule is Cc1c([C@H](C)NC(=O)c2ccc(F)cc2F)cnn1C. The van der Waals surface area contributed by atoms with Crippen LogP contribution < -0.4 is 5.32 Å². The zero-order valence-electron chi connectivity index (χ0n) is 11.4. The van der Waals surface area contributed by atoms with Crippen molar-refractivity contribution in [1.82, 2.24) is 15.1 Å². The predicted octanol–water partition coefficient (Wildman–Crippen LogP) is 2.50. The molecule has 1 heterocycles. The number of aromatic nitrogens is 2. The van der Waals surface area contributed by atoms with E-state index in [4.69, 9.17) is 0 Å². The molecular formula is C14H15F2N3O. The fraction of sp³-hybridized carbons (Fsp3) is 0.286. The first-order chi connectivity index (χ1) is 9.40. The minimum Gasteiger partial charge on any atom is -0.345 e. The van der Waals surface area contributed by atoms with Gasteiger partial charge in [-0.05, 0) is 26.0 Å². The van der Waals surface area contributed by atoms with E-state index >= 15 is 0 Å². The lowest BCUT2D eigenvalue weighted by Crippen LogP contribution is -2.27. The molecule has 0 fully saturated rings. The number of benzene rings is 1. The van der Waals surface area contributed by atoms with Gasteiger partial charge < -0.3 is 5.32 Å². The lowest BCUT2D eigenvalue weighted by atomic mass is 10.1. The van der Waals surface area contributed by atoms with Gasteiger partial charge in [0, 0.05) is 24.4 Å². The Morgan fingerprint density at radius 2 is 2.10 bits per heavy atom. The van der Waals surface area contributed by atoms with E-state index in [0.717, 1.165) is 23.4 Å². The van der Waals surface area contributed by atoms with Gasteiger partial charge in [0.1, 0.15) is 11.6 Å². The predicted molar refractivity (Wildman–Crippen MR) is 70.2 cm³/mol. The second kappa shape index (κ2) is 5.40. The topological polar surface area (TPSA) is 46.9 Å². The minimum absolute atomic E-state index is 0.181. The molecule has 0 saturated carbocycles. The van der Waals surface area contributed by atoms with Crippen LogP contribution in [0.5, 0.6) is 0 Å². The van der Waals surface area contributed by atoms with Crippen molar-refractivity contribution in [2.24, 2.45) is 7.05 Å². The molecule has 0 aliphatic carbocycles. The molecule has 0 unspecified atom stereocenters. The summed E-state index contributed by atoms with van der Waals surface area (Å²) in [7, 11) is 1.80. The number of carbonyl (C=O) groups is 1. The smallest absolute Gasteiger partial charge is 0.254 e. The number of nitrogens with one attached hydrogen (secondary N) is 1. The summed E-state index contributed by atoms with van der Waals surface area (Å²) in [4.78, 5) is 12.0. The van der Waals surface area contributed by atoms with Crippen molar-refractivity contribution >= 4 is 5.91 Å². The van der Waals surface area contributed by atoms with Crippen LogP contribution >= 0.6 is 0 Å². The van der Waals surface area contributed by atoms with Crippen molar-refractivity contribution < 1.29 is 13.6 Å². The third kappa shape index (κ3) is 2.68. The Kier molecular flexibility index (Phi) is 3.83. The summed E-state index contributed by atoms with van der Waals surface area (Å²) < 4.78 is 28.0. The van der Waals surface area contributed by atoms with Gasteiger partial charge in [-0.3, -0.25) is 9.48 Å². The number of hydrogen-bond acceptors (Lipinski definition) is 2. The van der Waals surface area contributed by atoms with E-state index in [1.165, 1.54) is 0 Å². The highest BCUT2D eigenvalue weighted by molar-refractivity contribution is 5.94. The summed E-state index contributed by atoms with van der Waals surface area (Å²) in [5, 5.41) is 6.76. The lowest BCUT2D eigenvalue weighted by molar-refractivity contribution is 0.0935. The van der Waals surface area contributed by atoms with E-state index in [-0.39, 0.29) is 11.6 Å². The van der Waals surface area contributed by atoms with Gasteiger partial charge in [0.05, 0.1) is 17.8 Å². The van der Waals surface area contributed by atoms with E-state index in [1.54, 1.807) is 24.9 Å². The standard InChI is InChI=1S/C14H15F2N3O/c1-8(12-7-17-19(3)9(12)2)18-14(20)11-5-4-10(15)6-13(11)16/h4-8H,1-3H3,(H,18,20)/t8-/m0/s1. The molecule has 6 heteroatoms. The van der Waals surface area contributed by atoms with Crippen molar-refractivity contribution in [1.29, 1.82) is 0 Å². The molecule has 1 N–H and O–H groups in total. The van der Waals surface area contributed by atoms with Crippen LogP contribution in [0, 0.1) is 18.6 Å². The average Bonchev–Trinajstić information content (AvgIpc) is 2.69. The number of rotatable bonds is 3. The molecule has 0 aliphatic rings. The van der Waals surface area contributed by atoms with Gasteiger partial charge in [0.15, 0.2) is 0 Å².